The second-order valence-corrected chi connectivity index (χ2v) is 3.08. The van der Waals surface area contributed by atoms with Gasteiger partial charge in [0, 0.05) is 17.2 Å². The molecule has 1 amide bonds. The fourth-order valence-corrected chi connectivity index (χ4v) is 1.46. The molecule has 1 aliphatic heterocycles. The van der Waals surface area contributed by atoms with Gasteiger partial charge in [-0.15, -0.1) is 0 Å². The van der Waals surface area contributed by atoms with Crippen molar-refractivity contribution in [2.75, 3.05) is 7.11 Å². The van der Waals surface area contributed by atoms with E-state index < -0.39 is 5.97 Å². The predicted octanol–water partition coefficient (Wildman–Crippen LogP) is 0.944. The van der Waals surface area contributed by atoms with Crippen LogP contribution in [0.4, 0.5) is 0 Å². The van der Waals surface area contributed by atoms with Crippen molar-refractivity contribution >= 4 is 17.6 Å². The Hall–Kier alpha value is -2.10. The highest BCUT2D eigenvalue weighted by Crippen LogP contribution is 2.23. The molecule has 0 aromatic heterocycles. The largest absolute Gasteiger partial charge is 0.466 e. The quantitative estimate of drug-likeness (QED) is 0.546. The first-order valence-corrected chi connectivity index (χ1v) is 4.43. The van der Waals surface area contributed by atoms with Crippen LogP contribution in [0, 0.1) is 0 Å². The summed E-state index contributed by atoms with van der Waals surface area (Å²) in [6.07, 6.45) is 1.27. The molecule has 0 radical (unpaired) electrons. The molecule has 0 fully saturated rings. The number of hydrogen-bond donors (Lipinski definition) is 1. The highest BCUT2D eigenvalue weighted by atomic mass is 16.5. The zero-order valence-corrected chi connectivity index (χ0v) is 8.11. The number of esters is 1. The lowest BCUT2D eigenvalue weighted by molar-refractivity contribution is -0.134. The van der Waals surface area contributed by atoms with Gasteiger partial charge in [0.05, 0.1) is 12.8 Å². The van der Waals surface area contributed by atoms with Crippen LogP contribution in [-0.2, 0) is 9.53 Å². The van der Waals surface area contributed by atoms with Gasteiger partial charge in [0.1, 0.15) is 0 Å². The predicted molar refractivity (Wildman–Crippen MR) is 53.9 cm³/mol. The van der Waals surface area contributed by atoms with E-state index >= 15 is 0 Å². The van der Waals surface area contributed by atoms with Gasteiger partial charge in [-0.05, 0) is 6.07 Å². The zero-order valence-electron chi connectivity index (χ0n) is 8.11. The van der Waals surface area contributed by atoms with Gasteiger partial charge < -0.3 is 10.1 Å². The Morgan fingerprint density at radius 3 is 2.67 bits per heavy atom. The van der Waals surface area contributed by atoms with Gasteiger partial charge in [-0.2, -0.15) is 0 Å². The highest BCUT2D eigenvalue weighted by Gasteiger charge is 2.23. The number of fused-ring (bicyclic) bond motifs is 1. The summed E-state index contributed by atoms with van der Waals surface area (Å²) in [5.41, 5.74) is 1.79. The van der Waals surface area contributed by atoms with E-state index in [9.17, 15) is 9.59 Å². The van der Waals surface area contributed by atoms with Crippen molar-refractivity contribution in [3.8, 4) is 0 Å². The first-order valence-electron chi connectivity index (χ1n) is 4.43. The van der Waals surface area contributed by atoms with Crippen molar-refractivity contribution in [3.05, 3.63) is 41.5 Å². The smallest absolute Gasteiger partial charge is 0.332 e. The Labute approximate surface area is 86.5 Å². The Kier molecular flexibility index (Phi) is 2.25. The van der Waals surface area contributed by atoms with Gasteiger partial charge in [0.15, 0.2) is 0 Å². The van der Waals surface area contributed by atoms with Gasteiger partial charge in [-0.1, -0.05) is 18.2 Å². The van der Waals surface area contributed by atoms with Crippen molar-refractivity contribution in [2.45, 2.75) is 0 Å². The van der Waals surface area contributed by atoms with Crippen molar-refractivity contribution in [2.24, 2.45) is 0 Å². The summed E-state index contributed by atoms with van der Waals surface area (Å²) in [5, 5.41) is 2.61. The third-order valence-electron chi connectivity index (χ3n) is 2.17. The zero-order chi connectivity index (χ0) is 10.8. The molecular formula is C11H9NO3. The first-order chi connectivity index (χ1) is 7.22. The van der Waals surface area contributed by atoms with E-state index in [1.54, 1.807) is 18.2 Å². The Bertz CT molecular complexity index is 463. The van der Waals surface area contributed by atoms with Crippen LogP contribution in [0.25, 0.3) is 5.70 Å². The molecule has 76 valence electrons. The molecule has 1 aromatic rings. The number of nitrogens with one attached hydrogen (secondary N) is 1. The van der Waals surface area contributed by atoms with E-state index in [0.717, 1.165) is 5.56 Å². The molecular weight excluding hydrogens is 194 g/mol. The second-order valence-electron chi connectivity index (χ2n) is 3.08. The minimum atomic E-state index is -0.484. The lowest BCUT2D eigenvalue weighted by Crippen LogP contribution is -2.13. The van der Waals surface area contributed by atoms with Crippen LogP contribution in [0.5, 0.6) is 0 Å². The molecule has 0 atom stereocenters. The molecule has 1 aromatic carbocycles. The number of hydrogen-bond acceptors (Lipinski definition) is 3. The van der Waals surface area contributed by atoms with Crippen LogP contribution in [0.3, 0.4) is 0 Å². The van der Waals surface area contributed by atoms with E-state index in [0.29, 0.717) is 11.3 Å². The van der Waals surface area contributed by atoms with Gasteiger partial charge >= 0.3 is 5.97 Å². The van der Waals surface area contributed by atoms with Crippen LogP contribution in [-0.4, -0.2) is 19.0 Å². The van der Waals surface area contributed by atoms with Gasteiger partial charge in [0.2, 0.25) is 0 Å². The van der Waals surface area contributed by atoms with Crippen LogP contribution in [0.1, 0.15) is 15.9 Å². The fraction of sp³-hybridized carbons (Fsp3) is 0.0909. The lowest BCUT2D eigenvalue weighted by atomic mass is 10.1. The van der Waals surface area contributed by atoms with Crippen molar-refractivity contribution in [3.63, 3.8) is 0 Å². The summed E-state index contributed by atoms with van der Waals surface area (Å²) in [5.74, 6) is -0.678. The monoisotopic (exact) mass is 203 g/mol. The number of carbonyl (C=O) groups excluding carboxylic acids is 2. The molecule has 15 heavy (non-hydrogen) atoms. The Morgan fingerprint density at radius 2 is 2.00 bits per heavy atom. The minimum Gasteiger partial charge on any atom is -0.466 e. The number of rotatable bonds is 1. The standard InChI is InChI=1S/C11H9NO3/c1-15-10(13)6-9-7-4-2-3-5-8(7)11(14)12-9/h2-6H,1H3,(H,12,14)/b9-6+. The van der Waals surface area contributed by atoms with E-state index in [1.807, 2.05) is 6.07 Å². The first kappa shape index (κ1) is 9.45. The molecule has 1 aliphatic rings. The van der Waals surface area contributed by atoms with Crippen LogP contribution in [0.15, 0.2) is 30.3 Å². The molecule has 4 nitrogen and oxygen atoms in total. The van der Waals surface area contributed by atoms with Crippen LogP contribution >= 0.6 is 0 Å². The average molecular weight is 203 g/mol. The molecule has 1 N–H and O–H groups in total. The molecule has 0 bridgehead atoms. The number of amides is 1. The third-order valence-corrected chi connectivity index (χ3v) is 2.17. The van der Waals surface area contributed by atoms with Crippen molar-refractivity contribution in [1.82, 2.24) is 5.32 Å². The second kappa shape index (κ2) is 3.57. The molecule has 4 heteroatoms. The maximum Gasteiger partial charge on any atom is 0.332 e. The van der Waals surface area contributed by atoms with Gasteiger partial charge in [-0.3, -0.25) is 4.79 Å². The van der Waals surface area contributed by atoms with Crippen molar-refractivity contribution < 1.29 is 14.3 Å². The molecule has 2 rings (SSSR count). The number of methoxy groups -OCH3 is 1. The highest BCUT2D eigenvalue weighted by molar-refractivity contribution is 6.11. The van der Waals surface area contributed by atoms with Crippen LogP contribution in [0.2, 0.25) is 0 Å². The van der Waals surface area contributed by atoms with Gasteiger partial charge in [0.25, 0.3) is 5.91 Å². The minimum absolute atomic E-state index is 0.194. The maximum absolute atomic E-state index is 11.4. The Morgan fingerprint density at radius 1 is 1.33 bits per heavy atom. The summed E-state index contributed by atoms with van der Waals surface area (Å²) in [7, 11) is 1.29. The molecule has 1 heterocycles. The Balaban J connectivity index is 2.45. The van der Waals surface area contributed by atoms with Gasteiger partial charge in [-0.25, -0.2) is 4.79 Å². The number of carbonyl (C=O) groups is 2. The topological polar surface area (TPSA) is 55.4 Å². The van der Waals surface area contributed by atoms with E-state index in [-0.39, 0.29) is 5.91 Å². The third kappa shape index (κ3) is 1.61. The van der Waals surface area contributed by atoms with E-state index in [2.05, 4.69) is 10.1 Å². The molecule has 0 unspecified atom stereocenters. The SMILES string of the molecule is COC(=O)/C=C1/NC(=O)c2ccccc21. The van der Waals surface area contributed by atoms with E-state index in [1.165, 1.54) is 13.2 Å². The van der Waals surface area contributed by atoms with E-state index in [4.69, 9.17) is 0 Å². The van der Waals surface area contributed by atoms with Crippen LogP contribution < -0.4 is 5.32 Å². The molecule has 0 saturated carbocycles. The number of ether oxygens (including phenoxy) is 1. The molecule has 0 spiro atoms. The fourth-order valence-electron chi connectivity index (χ4n) is 1.46. The normalized spacial score (nSPS) is 16.1. The average Bonchev–Trinajstić information content (AvgIpc) is 2.57. The maximum atomic E-state index is 11.4. The summed E-state index contributed by atoms with van der Waals surface area (Å²) < 4.78 is 4.50. The lowest BCUT2D eigenvalue weighted by Gasteiger charge is -1.98. The molecule has 0 saturated heterocycles. The summed E-state index contributed by atoms with van der Waals surface area (Å²) in [6.45, 7) is 0. The summed E-state index contributed by atoms with van der Waals surface area (Å²) in [6, 6.07) is 7.08. The molecule has 0 aliphatic carbocycles. The summed E-state index contributed by atoms with van der Waals surface area (Å²) in [4.78, 5) is 22.5. The summed E-state index contributed by atoms with van der Waals surface area (Å²) >= 11 is 0. The van der Waals surface area contributed by atoms with Crippen molar-refractivity contribution in [1.29, 1.82) is 0 Å². The number of benzene rings is 1.